The molecule has 2 aromatic heterocycles. The van der Waals surface area contributed by atoms with Crippen molar-refractivity contribution in [2.45, 2.75) is 72.1 Å². The highest BCUT2D eigenvalue weighted by Crippen LogP contribution is 2.31. The lowest BCUT2D eigenvalue weighted by atomic mass is 10.1. The number of amides is 1. The lowest BCUT2D eigenvalue weighted by molar-refractivity contribution is -0.114. The summed E-state index contributed by atoms with van der Waals surface area (Å²) in [7, 11) is 0. The molecule has 4 rings (SSSR count). The number of hydrogen-bond acceptors (Lipinski definition) is 6. The fourth-order valence-corrected chi connectivity index (χ4v) is 4.55. The Balaban J connectivity index is 1.41. The molecule has 2 heterocycles. The number of benzene rings is 2. The van der Waals surface area contributed by atoms with E-state index in [0.29, 0.717) is 46.4 Å². The lowest BCUT2D eigenvalue weighted by Crippen LogP contribution is -2.06. The molecule has 9 nitrogen and oxygen atoms in total. The molecular formula is C30H37N5O4. The summed E-state index contributed by atoms with van der Waals surface area (Å²) in [4.78, 5) is 33.2. The second kappa shape index (κ2) is 13.1. The Labute approximate surface area is 228 Å². The molecule has 4 aromatic rings. The van der Waals surface area contributed by atoms with E-state index in [-0.39, 0.29) is 17.6 Å². The van der Waals surface area contributed by atoms with Gasteiger partial charge in [0.15, 0.2) is 17.3 Å². The average molecular weight is 532 g/mol. The van der Waals surface area contributed by atoms with Gasteiger partial charge in [0, 0.05) is 18.2 Å². The fraction of sp³-hybridized carbons (Fsp3) is 0.400. The Morgan fingerprint density at radius 3 is 2.36 bits per heavy atom. The second-order valence-corrected chi connectivity index (χ2v) is 9.85. The number of H-pyrrole nitrogens is 1. The number of esters is 1. The van der Waals surface area contributed by atoms with Crippen molar-refractivity contribution in [3.63, 3.8) is 0 Å². The monoisotopic (exact) mass is 531 g/mol. The summed E-state index contributed by atoms with van der Waals surface area (Å²) in [6.07, 6.45) is 9.56. The minimum absolute atomic E-state index is 0.0307. The summed E-state index contributed by atoms with van der Waals surface area (Å²) < 4.78 is 7.21. The van der Waals surface area contributed by atoms with E-state index in [1.54, 1.807) is 28.8 Å². The molecule has 0 aliphatic rings. The number of fused-ring (bicyclic) bond motifs is 1. The van der Waals surface area contributed by atoms with Crippen LogP contribution in [0.3, 0.4) is 0 Å². The Bertz CT molecular complexity index is 1420. The van der Waals surface area contributed by atoms with Gasteiger partial charge in [0.05, 0.1) is 23.4 Å². The minimum Gasteiger partial charge on any atom is -0.507 e. The number of rotatable bonds is 13. The number of phenols is 1. The molecule has 39 heavy (non-hydrogen) atoms. The van der Waals surface area contributed by atoms with Crippen LogP contribution in [0.2, 0.25) is 0 Å². The number of anilines is 1. The first-order chi connectivity index (χ1) is 18.9. The van der Waals surface area contributed by atoms with E-state index in [1.165, 1.54) is 51.5 Å². The lowest BCUT2D eigenvalue weighted by Gasteiger charge is -2.07. The summed E-state index contributed by atoms with van der Waals surface area (Å²) in [5.74, 6) is 0.553. The molecule has 0 saturated heterocycles. The van der Waals surface area contributed by atoms with Crippen molar-refractivity contribution < 1.29 is 19.4 Å². The van der Waals surface area contributed by atoms with Crippen LogP contribution in [0.4, 0.5) is 5.69 Å². The number of aromatic amines is 1. The SMILES string of the molecule is CCCCCCCCCCOC(=O)c1ccc(-c2nc(C)c3nc(-c4cc(NC(C)=O)ccc4O)[nH]n23)cc1. The van der Waals surface area contributed by atoms with Crippen molar-refractivity contribution in [1.29, 1.82) is 0 Å². The molecule has 0 fully saturated rings. The predicted molar refractivity (Wildman–Crippen MR) is 152 cm³/mol. The molecule has 0 saturated carbocycles. The number of nitrogens with zero attached hydrogens (tertiary/aromatic N) is 3. The Morgan fingerprint density at radius 2 is 1.67 bits per heavy atom. The largest absolute Gasteiger partial charge is 0.507 e. The number of hydrogen-bond donors (Lipinski definition) is 3. The van der Waals surface area contributed by atoms with Gasteiger partial charge in [-0.3, -0.25) is 9.89 Å². The van der Waals surface area contributed by atoms with Crippen molar-refractivity contribution in [1.82, 2.24) is 19.6 Å². The number of imidazole rings is 1. The van der Waals surface area contributed by atoms with Gasteiger partial charge >= 0.3 is 5.97 Å². The molecule has 0 aliphatic heterocycles. The number of aryl methyl sites for hydroxylation is 1. The third-order valence-electron chi connectivity index (χ3n) is 6.64. The molecule has 0 bridgehead atoms. The summed E-state index contributed by atoms with van der Waals surface area (Å²) in [5.41, 5.74) is 3.61. The van der Waals surface area contributed by atoms with E-state index < -0.39 is 0 Å². The van der Waals surface area contributed by atoms with Crippen LogP contribution >= 0.6 is 0 Å². The van der Waals surface area contributed by atoms with Gasteiger partial charge in [-0.25, -0.2) is 19.3 Å². The smallest absolute Gasteiger partial charge is 0.338 e. The van der Waals surface area contributed by atoms with E-state index in [9.17, 15) is 14.7 Å². The van der Waals surface area contributed by atoms with Crippen LogP contribution in [-0.4, -0.2) is 43.2 Å². The molecule has 0 spiro atoms. The van der Waals surface area contributed by atoms with Gasteiger partial charge in [0.2, 0.25) is 5.91 Å². The normalized spacial score (nSPS) is 11.2. The van der Waals surface area contributed by atoms with Gasteiger partial charge < -0.3 is 15.2 Å². The number of unbranched alkanes of at least 4 members (excludes halogenated alkanes) is 7. The Hall–Kier alpha value is -4.14. The Morgan fingerprint density at radius 1 is 0.974 bits per heavy atom. The highest BCUT2D eigenvalue weighted by atomic mass is 16.5. The Kier molecular flexibility index (Phi) is 9.35. The first-order valence-electron chi connectivity index (χ1n) is 13.7. The first-order valence-corrected chi connectivity index (χ1v) is 13.7. The number of nitrogens with one attached hydrogen (secondary N) is 2. The van der Waals surface area contributed by atoms with Gasteiger partial charge in [-0.2, -0.15) is 0 Å². The van der Waals surface area contributed by atoms with Crippen LogP contribution in [0.5, 0.6) is 5.75 Å². The van der Waals surface area contributed by atoms with Gasteiger partial charge in [-0.15, -0.1) is 0 Å². The summed E-state index contributed by atoms with van der Waals surface area (Å²) >= 11 is 0. The van der Waals surface area contributed by atoms with Gasteiger partial charge in [-0.1, -0.05) is 64.0 Å². The van der Waals surface area contributed by atoms with Crippen molar-refractivity contribution in [3.05, 3.63) is 53.7 Å². The number of phenolic OH excluding ortho intramolecular Hbond substituents is 1. The van der Waals surface area contributed by atoms with Crippen LogP contribution in [0, 0.1) is 6.92 Å². The van der Waals surface area contributed by atoms with Crippen LogP contribution in [0.1, 0.15) is 81.3 Å². The van der Waals surface area contributed by atoms with E-state index in [0.717, 1.165) is 18.4 Å². The van der Waals surface area contributed by atoms with Gasteiger partial charge in [-0.05, 0) is 43.7 Å². The zero-order valence-electron chi connectivity index (χ0n) is 22.9. The van der Waals surface area contributed by atoms with Crippen molar-refractivity contribution in [2.24, 2.45) is 0 Å². The maximum atomic E-state index is 12.5. The molecule has 2 aromatic carbocycles. The minimum atomic E-state index is -0.327. The molecule has 0 unspecified atom stereocenters. The molecule has 3 N–H and O–H groups in total. The molecule has 0 aliphatic carbocycles. The highest BCUT2D eigenvalue weighted by Gasteiger charge is 2.18. The van der Waals surface area contributed by atoms with E-state index >= 15 is 0 Å². The predicted octanol–water partition coefficient (Wildman–Crippen LogP) is 6.66. The molecular weight excluding hydrogens is 494 g/mol. The molecule has 0 atom stereocenters. The number of aromatic hydroxyl groups is 1. The van der Waals surface area contributed by atoms with Crippen LogP contribution in [0.15, 0.2) is 42.5 Å². The van der Waals surface area contributed by atoms with Gasteiger partial charge in [0.1, 0.15) is 5.75 Å². The maximum Gasteiger partial charge on any atom is 0.338 e. The number of carbonyl (C=O) groups is 2. The van der Waals surface area contributed by atoms with Crippen LogP contribution in [0.25, 0.3) is 28.4 Å². The van der Waals surface area contributed by atoms with Crippen LogP contribution < -0.4 is 5.32 Å². The number of aromatic nitrogens is 4. The average Bonchev–Trinajstić information content (AvgIpc) is 3.49. The summed E-state index contributed by atoms with van der Waals surface area (Å²) in [5, 5.41) is 16.3. The molecule has 9 heteroatoms. The number of carbonyl (C=O) groups excluding carboxylic acids is 2. The standard InChI is InChI=1S/C30H37N5O4/c1-4-5-6-7-8-9-10-11-18-39-30(38)23-14-12-22(13-15-23)29-31-20(2)28-33-27(34-35(28)29)25-19-24(32-21(3)36)16-17-26(25)37/h12-17,19,37H,4-11,18H2,1-3H3,(H,32,36)(H,33,34). The number of ether oxygens (including phenoxy) is 1. The zero-order chi connectivity index (χ0) is 27.8. The van der Waals surface area contributed by atoms with E-state index in [4.69, 9.17) is 4.74 Å². The fourth-order valence-electron chi connectivity index (χ4n) is 4.55. The topological polar surface area (TPSA) is 122 Å². The van der Waals surface area contributed by atoms with Crippen LogP contribution in [-0.2, 0) is 9.53 Å². The summed E-state index contributed by atoms with van der Waals surface area (Å²) in [6, 6.07) is 11.9. The third kappa shape index (κ3) is 7.04. The maximum absolute atomic E-state index is 12.5. The van der Waals surface area contributed by atoms with Crippen molar-refractivity contribution >= 4 is 23.2 Å². The van der Waals surface area contributed by atoms with Crippen molar-refractivity contribution in [2.75, 3.05) is 11.9 Å². The highest BCUT2D eigenvalue weighted by molar-refractivity contribution is 5.90. The van der Waals surface area contributed by atoms with E-state index in [2.05, 4.69) is 27.3 Å². The third-order valence-corrected chi connectivity index (χ3v) is 6.64. The molecule has 206 valence electrons. The molecule has 0 radical (unpaired) electrons. The second-order valence-electron chi connectivity index (χ2n) is 9.85. The quantitative estimate of drug-likeness (QED) is 0.101. The molecule has 1 amide bonds. The summed E-state index contributed by atoms with van der Waals surface area (Å²) in [6.45, 7) is 5.93. The van der Waals surface area contributed by atoms with Crippen molar-refractivity contribution in [3.8, 4) is 28.5 Å². The van der Waals surface area contributed by atoms with Gasteiger partial charge in [0.25, 0.3) is 0 Å². The zero-order valence-corrected chi connectivity index (χ0v) is 22.9. The van der Waals surface area contributed by atoms with E-state index in [1.807, 2.05) is 19.1 Å². The first kappa shape index (κ1) is 27.9.